The molecule has 0 aromatic carbocycles. The van der Waals surface area contributed by atoms with E-state index in [2.05, 4.69) is 31.7 Å². The van der Waals surface area contributed by atoms with E-state index in [1.54, 1.807) is 0 Å². The molecule has 0 spiro atoms. The first-order valence-electron chi connectivity index (χ1n) is 6.25. The number of imidazole rings is 1. The van der Waals surface area contributed by atoms with Gasteiger partial charge in [0.25, 0.3) is 0 Å². The van der Waals surface area contributed by atoms with Gasteiger partial charge in [-0.25, -0.2) is 4.98 Å². The van der Waals surface area contributed by atoms with Crippen molar-refractivity contribution < 1.29 is 4.42 Å². The van der Waals surface area contributed by atoms with Crippen molar-refractivity contribution in [2.45, 2.75) is 25.7 Å². The summed E-state index contributed by atoms with van der Waals surface area (Å²) >= 11 is 0. The zero-order valence-corrected chi connectivity index (χ0v) is 10.7. The monoisotopic (exact) mass is 247 g/mol. The van der Waals surface area contributed by atoms with Crippen molar-refractivity contribution in [3.05, 3.63) is 24.1 Å². The van der Waals surface area contributed by atoms with Crippen molar-refractivity contribution in [1.82, 2.24) is 19.7 Å². The minimum atomic E-state index is 0.581. The lowest BCUT2D eigenvalue weighted by Gasteiger charge is -2.30. The molecule has 0 amide bonds. The van der Waals surface area contributed by atoms with Gasteiger partial charge in [-0.1, -0.05) is 5.10 Å². The number of aryl methyl sites for hydroxylation is 2. The summed E-state index contributed by atoms with van der Waals surface area (Å²) in [5, 5.41) is 7.94. The highest BCUT2D eigenvalue weighted by Crippen LogP contribution is 2.29. The normalized spacial score (nSPS) is 17.3. The van der Waals surface area contributed by atoms with Gasteiger partial charge in [0.1, 0.15) is 0 Å². The summed E-state index contributed by atoms with van der Waals surface area (Å²) in [5.74, 6) is 1.21. The summed E-state index contributed by atoms with van der Waals surface area (Å²) in [6.45, 7) is 3.73. The Balaban J connectivity index is 1.66. The van der Waals surface area contributed by atoms with Crippen LogP contribution in [0, 0.1) is 6.92 Å². The predicted octanol–water partition coefficient (Wildman–Crippen LogP) is 1.50. The molecule has 1 fully saturated rings. The number of hydrogen-bond acceptors (Lipinski definition) is 5. The van der Waals surface area contributed by atoms with E-state index in [-0.39, 0.29) is 0 Å². The Hall–Kier alpha value is -1.85. The average Bonchev–Trinajstić information content (AvgIpc) is 2.98. The van der Waals surface area contributed by atoms with Crippen molar-refractivity contribution in [3.8, 4) is 0 Å². The van der Waals surface area contributed by atoms with Gasteiger partial charge < -0.3 is 13.9 Å². The van der Waals surface area contributed by atoms with Crippen molar-refractivity contribution in [2.75, 3.05) is 18.0 Å². The Bertz CT molecular complexity index is 524. The molecule has 0 bridgehead atoms. The molecule has 0 radical (unpaired) electrons. The molecular formula is C12H17N5O. The third kappa shape index (κ3) is 1.98. The summed E-state index contributed by atoms with van der Waals surface area (Å²) in [6.07, 6.45) is 6.03. The first-order chi connectivity index (χ1) is 8.74. The first kappa shape index (κ1) is 11.3. The molecule has 0 saturated carbocycles. The topological polar surface area (TPSA) is 60.0 Å². The van der Waals surface area contributed by atoms with Gasteiger partial charge in [-0.05, 0) is 12.8 Å². The lowest BCUT2D eigenvalue weighted by molar-refractivity contribution is 0.440. The van der Waals surface area contributed by atoms with Crippen molar-refractivity contribution in [1.29, 1.82) is 0 Å². The van der Waals surface area contributed by atoms with Crippen molar-refractivity contribution in [3.63, 3.8) is 0 Å². The molecule has 2 aromatic heterocycles. The van der Waals surface area contributed by atoms with Crippen LogP contribution in [0.2, 0.25) is 0 Å². The van der Waals surface area contributed by atoms with Crippen LogP contribution < -0.4 is 4.90 Å². The standard InChI is InChI=1S/C12H17N5O/c1-9-14-15-12(18-9)17-5-3-10(4-6-17)11-7-13-8-16(11)2/h7-8,10H,3-6H2,1-2H3. The highest BCUT2D eigenvalue weighted by Gasteiger charge is 2.24. The van der Waals surface area contributed by atoms with E-state index in [1.807, 2.05) is 19.4 Å². The van der Waals surface area contributed by atoms with E-state index in [0.29, 0.717) is 17.8 Å². The van der Waals surface area contributed by atoms with Crippen LogP contribution in [0.4, 0.5) is 6.01 Å². The van der Waals surface area contributed by atoms with E-state index in [1.165, 1.54) is 5.69 Å². The van der Waals surface area contributed by atoms with Gasteiger partial charge in [-0.15, -0.1) is 5.10 Å². The maximum atomic E-state index is 5.46. The number of aromatic nitrogens is 4. The SMILES string of the molecule is Cc1nnc(N2CCC(c3cncn3C)CC2)o1. The lowest BCUT2D eigenvalue weighted by Crippen LogP contribution is -2.33. The van der Waals surface area contributed by atoms with Crippen LogP contribution in [0.3, 0.4) is 0 Å². The van der Waals surface area contributed by atoms with Crippen LogP contribution in [-0.2, 0) is 7.05 Å². The second-order valence-corrected chi connectivity index (χ2v) is 4.79. The van der Waals surface area contributed by atoms with E-state index < -0.39 is 0 Å². The van der Waals surface area contributed by atoms with Gasteiger partial charge in [0.05, 0.1) is 6.33 Å². The van der Waals surface area contributed by atoms with Crippen molar-refractivity contribution >= 4 is 6.01 Å². The molecule has 1 saturated heterocycles. The van der Waals surface area contributed by atoms with Gasteiger partial charge in [-0.2, -0.15) is 0 Å². The molecule has 3 heterocycles. The Labute approximate surface area is 106 Å². The highest BCUT2D eigenvalue weighted by atomic mass is 16.4. The van der Waals surface area contributed by atoms with E-state index in [9.17, 15) is 0 Å². The number of piperidine rings is 1. The summed E-state index contributed by atoms with van der Waals surface area (Å²) in [5.41, 5.74) is 1.32. The van der Waals surface area contributed by atoms with E-state index >= 15 is 0 Å². The number of anilines is 1. The Morgan fingerprint density at radius 1 is 1.28 bits per heavy atom. The molecule has 0 N–H and O–H groups in total. The molecule has 0 aliphatic carbocycles. The zero-order chi connectivity index (χ0) is 12.5. The Kier molecular flexibility index (Phi) is 2.77. The third-order valence-electron chi connectivity index (χ3n) is 3.55. The van der Waals surface area contributed by atoms with Crippen LogP contribution in [0.1, 0.15) is 30.3 Å². The molecule has 2 aromatic rings. The molecular weight excluding hydrogens is 230 g/mol. The summed E-state index contributed by atoms with van der Waals surface area (Å²) in [7, 11) is 2.05. The highest BCUT2D eigenvalue weighted by molar-refractivity contribution is 5.26. The van der Waals surface area contributed by atoms with Gasteiger partial charge in [0.2, 0.25) is 5.89 Å². The van der Waals surface area contributed by atoms with Gasteiger partial charge in [-0.3, -0.25) is 0 Å². The van der Waals surface area contributed by atoms with Crippen molar-refractivity contribution in [2.24, 2.45) is 7.05 Å². The second kappa shape index (κ2) is 4.44. The molecule has 6 heteroatoms. The van der Waals surface area contributed by atoms with Gasteiger partial charge in [0, 0.05) is 44.9 Å². The predicted molar refractivity (Wildman–Crippen MR) is 66.4 cm³/mol. The van der Waals surface area contributed by atoms with Crippen LogP contribution in [0.15, 0.2) is 16.9 Å². The first-order valence-corrected chi connectivity index (χ1v) is 6.25. The van der Waals surface area contributed by atoms with E-state index in [0.717, 1.165) is 25.9 Å². The van der Waals surface area contributed by atoms with Gasteiger partial charge >= 0.3 is 6.01 Å². The third-order valence-corrected chi connectivity index (χ3v) is 3.55. The maximum Gasteiger partial charge on any atom is 0.318 e. The molecule has 0 unspecified atom stereocenters. The molecule has 3 rings (SSSR count). The molecule has 0 atom stereocenters. The summed E-state index contributed by atoms with van der Waals surface area (Å²) in [6, 6.07) is 0.649. The quantitative estimate of drug-likeness (QED) is 0.804. The largest absolute Gasteiger partial charge is 0.408 e. The summed E-state index contributed by atoms with van der Waals surface area (Å²) in [4.78, 5) is 6.35. The number of rotatable bonds is 2. The lowest BCUT2D eigenvalue weighted by atomic mass is 9.94. The van der Waals surface area contributed by atoms with Gasteiger partial charge in [0.15, 0.2) is 0 Å². The van der Waals surface area contributed by atoms with Crippen LogP contribution >= 0.6 is 0 Å². The molecule has 96 valence electrons. The van der Waals surface area contributed by atoms with Crippen LogP contribution in [0.5, 0.6) is 0 Å². The second-order valence-electron chi connectivity index (χ2n) is 4.79. The fourth-order valence-corrected chi connectivity index (χ4v) is 2.54. The molecule has 1 aliphatic rings. The Morgan fingerprint density at radius 3 is 2.61 bits per heavy atom. The van der Waals surface area contributed by atoms with Crippen LogP contribution in [0.25, 0.3) is 0 Å². The number of hydrogen-bond donors (Lipinski definition) is 0. The Morgan fingerprint density at radius 2 is 2.06 bits per heavy atom. The minimum Gasteiger partial charge on any atom is -0.408 e. The fourth-order valence-electron chi connectivity index (χ4n) is 2.54. The molecule has 1 aliphatic heterocycles. The smallest absolute Gasteiger partial charge is 0.318 e. The summed E-state index contributed by atoms with van der Waals surface area (Å²) < 4.78 is 7.57. The average molecular weight is 247 g/mol. The maximum absolute atomic E-state index is 5.46. The zero-order valence-electron chi connectivity index (χ0n) is 10.7. The number of nitrogens with zero attached hydrogens (tertiary/aromatic N) is 5. The molecule has 6 nitrogen and oxygen atoms in total. The fraction of sp³-hybridized carbons (Fsp3) is 0.583. The van der Waals surface area contributed by atoms with Crippen LogP contribution in [-0.4, -0.2) is 32.8 Å². The van der Waals surface area contributed by atoms with E-state index in [4.69, 9.17) is 4.42 Å². The minimum absolute atomic E-state index is 0.581. The molecule has 18 heavy (non-hydrogen) atoms.